The standard InChI is InChI=1S/C15H20N4/c1-11-10-13-12(4-2-5-14(13)16)15(18-11)19-8-3-6-17-7-9-19/h2,4-5,10,17H,3,6-9,16H2,1H3. The average Bonchev–Trinajstić information content (AvgIpc) is 2.68. The van der Waals surface area contributed by atoms with Crippen LogP contribution >= 0.6 is 0 Å². The summed E-state index contributed by atoms with van der Waals surface area (Å²) in [5.74, 6) is 1.08. The highest BCUT2D eigenvalue weighted by molar-refractivity contribution is 5.99. The van der Waals surface area contributed by atoms with E-state index in [0.29, 0.717) is 0 Å². The van der Waals surface area contributed by atoms with Crippen LogP contribution in [0.25, 0.3) is 10.8 Å². The molecule has 1 aliphatic rings. The molecule has 1 saturated heterocycles. The van der Waals surface area contributed by atoms with Gasteiger partial charge in [0.05, 0.1) is 0 Å². The van der Waals surface area contributed by atoms with Gasteiger partial charge in [-0.15, -0.1) is 0 Å². The van der Waals surface area contributed by atoms with Gasteiger partial charge in [-0.3, -0.25) is 0 Å². The van der Waals surface area contributed by atoms with Crippen LogP contribution in [0.5, 0.6) is 0 Å². The highest BCUT2D eigenvalue weighted by Crippen LogP contribution is 2.29. The zero-order valence-corrected chi connectivity index (χ0v) is 11.3. The van der Waals surface area contributed by atoms with E-state index in [1.54, 1.807) is 0 Å². The van der Waals surface area contributed by atoms with Crippen LogP contribution in [-0.2, 0) is 0 Å². The number of rotatable bonds is 1. The van der Waals surface area contributed by atoms with Gasteiger partial charge in [-0.05, 0) is 32.0 Å². The van der Waals surface area contributed by atoms with Crippen LogP contribution in [0.2, 0.25) is 0 Å². The summed E-state index contributed by atoms with van der Waals surface area (Å²) in [7, 11) is 0. The second kappa shape index (κ2) is 5.05. The Labute approximate surface area is 113 Å². The molecular weight excluding hydrogens is 236 g/mol. The Morgan fingerprint density at radius 2 is 2.11 bits per heavy atom. The summed E-state index contributed by atoms with van der Waals surface area (Å²) >= 11 is 0. The molecule has 0 bridgehead atoms. The van der Waals surface area contributed by atoms with E-state index in [-0.39, 0.29) is 0 Å². The highest BCUT2D eigenvalue weighted by atomic mass is 15.2. The van der Waals surface area contributed by atoms with Crippen molar-refractivity contribution in [3.63, 3.8) is 0 Å². The molecule has 0 unspecified atom stereocenters. The normalized spacial score (nSPS) is 16.6. The van der Waals surface area contributed by atoms with Crippen LogP contribution in [0.1, 0.15) is 12.1 Å². The molecule has 0 aliphatic carbocycles. The summed E-state index contributed by atoms with van der Waals surface area (Å²) in [4.78, 5) is 7.12. The van der Waals surface area contributed by atoms with E-state index in [4.69, 9.17) is 10.7 Å². The molecule has 1 aliphatic heterocycles. The number of nitrogens with one attached hydrogen (secondary N) is 1. The van der Waals surface area contributed by atoms with Gasteiger partial charge in [0.15, 0.2) is 0 Å². The first-order chi connectivity index (χ1) is 9.25. The molecule has 0 atom stereocenters. The molecule has 1 aromatic heterocycles. The van der Waals surface area contributed by atoms with Gasteiger partial charge in [0, 0.05) is 41.8 Å². The van der Waals surface area contributed by atoms with Crippen molar-refractivity contribution in [2.45, 2.75) is 13.3 Å². The topological polar surface area (TPSA) is 54.2 Å². The Morgan fingerprint density at radius 3 is 3.00 bits per heavy atom. The maximum atomic E-state index is 6.10. The molecule has 0 amide bonds. The number of hydrogen-bond donors (Lipinski definition) is 2. The van der Waals surface area contributed by atoms with Crippen molar-refractivity contribution in [3.05, 3.63) is 30.0 Å². The van der Waals surface area contributed by atoms with Crippen molar-refractivity contribution in [2.24, 2.45) is 0 Å². The maximum Gasteiger partial charge on any atom is 0.136 e. The molecule has 0 saturated carbocycles. The minimum Gasteiger partial charge on any atom is -0.398 e. The molecule has 0 radical (unpaired) electrons. The molecule has 3 rings (SSSR count). The third-order valence-corrected chi connectivity index (χ3v) is 3.66. The number of anilines is 2. The number of nitrogen functional groups attached to an aromatic ring is 1. The van der Waals surface area contributed by atoms with Gasteiger partial charge in [0.25, 0.3) is 0 Å². The second-order valence-electron chi connectivity index (χ2n) is 5.12. The summed E-state index contributed by atoms with van der Waals surface area (Å²) < 4.78 is 0. The van der Waals surface area contributed by atoms with Crippen LogP contribution in [-0.4, -0.2) is 31.2 Å². The van der Waals surface area contributed by atoms with Crippen molar-refractivity contribution >= 4 is 22.3 Å². The number of nitrogens with zero attached hydrogens (tertiary/aromatic N) is 2. The SMILES string of the molecule is Cc1cc2c(N)cccc2c(N2CCCNCC2)n1. The van der Waals surface area contributed by atoms with E-state index in [9.17, 15) is 0 Å². The van der Waals surface area contributed by atoms with Crippen molar-refractivity contribution < 1.29 is 0 Å². The molecular formula is C15H20N4. The van der Waals surface area contributed by atoms with Gasteiger partial charge in [-0.2, -0.15) is 0 Å². The van der Waals surface area contributed by atoms with Crippen LogP contribution in [0.3, 0.4) is 0 Å². The first-order valence-electron chi connectivity index (χ1n) is 6.87. The molecule has 3 N–H and O–H groups in total. The van der Waals surface area contributed by atoms with Crippen LogP contribution in [0.4, 0.5) is 11.5 Å². The van der Waals surface area contributed by atoms with Crippen molar-refractivity contribution in [1.29, 1.82) is 0 Å². The third-order valence-electron chi connectivity index (χ3n) is 3.66. The van der Waals surface area contributed by atoms with E-state index in [2.05, 4.69) is 22.3 Å². The summed E-state index contributed by atoms with van der Waals surface area (Å²) in [6.45, 7) is 6.18. The summed E-state index contributed by atoms with van der Waals surface area (Å²) in [5.41, 5.74) is 7.95. The summed E-state index contributed by atoms with van der Waals surface area (Å²) in [5, 5.41) is 5.70. The first-order valence-corrected chi connectivity index (χ1v) is 6.87. The quantitative estimate of drug-likeness (QED) is 0.765. The fourth-order valence-electron chi connectivity index (χ4n) is 2.71. The fourth-order valence-corrected chi connectivity index (χ4v) is 2.71. The van der Waals surface area contributed by atoms with Gasteiger partial charge < -0.3 is 16.0 Å². The molecule has 1 aromatic carbocycles. The Bertz CT molecular complexity index is 586. The number of aryl methyl sites for hydroxylation is 1. The first kappa shape index (κ1) is 12.2. The lowest BCUT2D eigenvalue weighted by molar-refractivity contribution is 0.724. The van der Waals surface area contributed by atoms with Gasteiger partial charge in [-0.1, -0.05) is 12.1 Å². The number of nitrogens with two attached hydrogens (primary N) is 1. The van der Waals surface area contributed by atoms with E-state index in [1.807, 2.05) is 19.1 Å². The van der Waals surface area contributed by atoms with E-state index in [0.717, 1.165) is 60.6 Å². The van der Waals surface area contributed by atoms with Gasteiger partial charge in [-0.25, -0.2) is 4.98 Å². The fraction of sp³-hybridized carbons (Fsp3) is 0.400. The molecule has 2 aromatic rings. The molecule has 4 heteroatoms. The van der Waals surface area contributed by atoms with Crippen molar-refractivity contribution in [1.82, 2.24) is 10.3 Å². The monoisotopic (exact) mass is 256 g/mol. The minimum absolute atomic E-state index is 0.831. The Kier molecular flexibility index (Phi) is 3.25. The molecule has 100 valence electrons. The van der Waals surface area contributed by atoms with E-state index in [1.165, 1.54) is 0 Å². The van der Waals surface area contributed by atoms with Gasteiger partial charge in [0.2, 0.25) is 0 Å². The maximum absolute atomic E-state index is 6.10. The smallest absolute Gasteiger partial charge is 0.136 e. The summed E-state index contributed by atoms with van der Waals surface area (Å²) in [6.07, 6.45) is 1.15. The number of hydrogen-bond acceptors (Lipinski definition) is 4. The second-order valence-corrected chi connectivity index (χ2v) is 5.12. The van der Waals surface area contributed by atoms with Crippen LogP contribution in [0, 0.1) is 6.92 Å². The zero-order chi connectivity index (χ0) is 13.2. The lowest BCUT2D eigenvalue weighted by Gasteiger charge is -2.23. The molecule has 2 heterocycles. The molecule has 19 heavy (non-hydrogen) atoms. The van der Waals surface area contributed by atoms with E-state index < -0.39 is 0 Å². The van der Waals surface area contributed by atoms with Crippen molar-refractivity contribution in [3.8, 4) is 0 Å². The predicted molar refractivity (Wildman–Crippen MR) is 80.6 cm³/mol. The Hall–Kier alpha value is -1.81. The Morgan fingerprint density at radius 1 is 1.21 bits per heavy atom. The van der Waals surface area contributed by atoms with Gasteiger partial charge in [0.1, 0.15) is 5.82 Å². The number of benzene rings is 1. The van der Waals surface area contributed by atoms with Gasteiger partial charge >= 0.3 is 0 Å². The highest BCUT2D eigenvalue weighted by Gasteiger charge is 2.15. The number of pyridine rings is 1. The van der Waals surface area contributed by atoms with Crippen molar-refractivity contribution in [2.75, 3.05) is 36.8 Å². The largest absolute Gasteiger partial charge is 0.398 e. The zero-order valence-electron chi connectivity index (χ0n) is 11.3. The summed E-state index contributed by atoms with van der Waals surface area (Å²) in [6, 6.07) is 8.15. The molecule has 4 nitrogen and oxygen atoms in total. The average molecular weight is 256 g/mol. The van der Waals surface area contributed by atoms with E-state index >= 15 is 0 Å². The Balaban J connectivity index is 2.13. The lowest BCUT2D eigenvalue weighted by atomic mass is 10.1. The molecule has 0 spiro atoms. The number of aromatic nitrogens is 1. The lowest BCUT2D eigenvalue weighted by Crippen LogP contribution is -2.28. The van der Waals surface area contributed by atoms with Crippen LogP contribution in [0.15, 0.2) is 24.3 Å². The number of fused-ring (bicyclic) bond motifs is 1. The minimum atomic E-state index is 0.831. The third kappa shape index (κ3) is 2.36. The predicted octanol–water partition coefficient (Wildman–Crippen LogP) is 1.93. The van der Waals surface area contributed by atoms with Crippen LogP contribution < -0.4 is 16.0 Å². The molecule has 1 fully saturated rings.